The highest BCUT2D eigenvalue weighted by atomic mass is 15.5. The Morgan fingerprint density at radius 1 is 1.46 bits per heavy atom. The van der Waals surface area contributed by atoms with Gasteiger partial charge in [0.1, 0.15) is 5.84 Å². The molecular weight excluding hydrogens is 166 g/mol. The molecule has 5 nitrogen and oxygen atoms in total. The number of hydrogen-bond donors (Lipinski definition) is 1. The molecule has 0 bridgehead atoms. The van der Waals surface area contributed by atoms with Crippen molar-refractivity contribution in [2.24, 2.45) is 10.8 Å². The van der Waals surface area contributed by atoms with E-state index in [4.69, 9.17) is 5.73 Å². The van der Waals surface area contributed by atoms with Crippen molar-refractivity contribution in [3.63, 3.8) is 0 Å². The maximum absolute atomic E-state index is 5.61. The fourth-order valence-electron chi connectivity index (χ4n) is 1.32. The molecule has 0 fully saturated rings. The second kappa shape index (κ2) is 3.01. The number of aromatic nitrogens is 2. The number of amidine groups is 1. The molecule has 1 aromatic rings. The van der Waals surface area contributed by atoms with Gasteiger partial charge in [-0.1, -0.05) is 0 Å². The van der Waals surface area contributed by atoms with Crippen molar-refractivity contribution in [1.29, 1.82) is 0 Å². The van der Waals surface area contributed by atoms with E-state index in [1.165, 1.54) is 0 Å². The van der Waals surface area contributed by atoms with Gasteiger partial charge < -0.3 is 5.73 Å². The first-order valence-electron chi connectivity index (χ1n) is 4.16. The Kier molecular flexibility index (Phi) is 1.84. The highest BCUT2D eigenvalue weighted by Crippen LogP contribution is 2.17. The largest absolute Gasteiger partial charge is 0.386 e. The predicted molar refractivity (Wildman–Crippen MR) is 50.2 cm³/mol. The second-order valence-electron chi connectivity index (χ2n) is 3.04. The molecule has 2 rings (SSSR count). The van der Waals surface area contributed by atoms with Crippen molar-refractivity contribution in [3.8, 4) is 0 Å². The number of hydrazone groups is 1. The number of rotatable bonds is 1. The van der Waals surface area contributed by atoms with Crippen LogP contribution in [0.4, 0.5) is 5.95 Å². The maximum Gasteiger partial charge on any atom is 0.246 e. The first-order chi connectivity index (χ1) is 6.27. The van der Waals surface area contributed by atoms with Gasteiger partial charge in [-0.05, 0) is 13.0 Å². The average molecular weight is 177 g/mol. The zero-order valence-electron chi connectivity index (χ0n) is 7.38. The van der Waals surface area contributed by atoms with Gasteiger partial charge in [-0.2, -0.15) is 5.10 Å². The van der Waals surface area contributed by atoms with Crippen LogP contribution < -0.4 is 10.7 Å². The Morgan fingerprint density at radius 2 is 2.15 bits per heavy atom. The van der Waals surface area contributed by atoms with Crippen LogP contribution >= 0.6 is 0 Å². The lowest BCUT2D eigenvalue weighted by molar-refractivity contribution is 0.700. The molecule has 13 heavy (non-hydrogen) atoms. The zero-order valence-corrected chi connectivity index (χ0v) is 7.38. The van der Waals surface area contributed by atoms with Gasteiger partial charge in [0.2, 0.25) is 5.95 Å². The molecule has 0 saturated heterocycles. The molecule has 68 valence electrons. The Bertz CT molecular complexity index is 321. The lowest BCUT2D eigenvalue weighted by atomic mass is 10.2. The van der Waals surface area contributed by atoms with Crippen molar-refractivity contribution in [2.45, 2.75) is 19.4 Å². The van der Waals surface area contributed by atoms with Crippen LogP contribution in [0.1, 0.15) is 13.3 Å². The topological polar surface area (TPSA) is 67.4 Å². The molecule has 0 radical (unpaired) electrons. The van der Waals surface area contributed by atoms with Crippen molar-refractivity contribution < 1.29 is 0 Å². The van der Waals surface area contributed by atoms with Crippen LogP contribution in [0.3, 0.4) is 0 Å². The summed E-state index contributed by atoms with van der Waals surface area (Å²) in [7, 11) is 0. The van der Waals surface area contributed by atoms with E-state index in [1.54, 1.807) is 23.5 Å². The molecule has 1 aliphatic heterocycles. The maximum atomic E-state index is 5.61. The van der Waals surface area contributed by atoms with E-state index in [0.717, 1.165) is 6.42 Å². The van der Waals surface area contributed by atoms with Gasteiger partial charge in [-0.25, -0.2) is 15.0 Å². The summed E-state index contributed by atoms with van der Waals surface area (Å²) in [5, 5.41) is 5.89. The Hall–Kier alpha value is -1.65. The fraction of sp³-hybridized carbons (Fsp3) is 0.375. The van der Waals surface area contributed by atoms with E-state index >= 15 is 0 Å². The van der Waals surface area contributed by atoms with E-state index in [1.807, 2.05) is 6.92 Å². The quantitative estimate of drug-likeness (QED) is 0.672. The summed E-state index contributed by atoms with van der Waals surface area (Å²) in [6.45, 7) is 2.04. The molecule has 0 amide bonds. The van der Waals surface area contributed by atoms with Crippen LogP contribution in [0.25, 0.3) is 0 Å². The predicted octanol–water partition coefficient (Wildman–Crippen LogP) is 0.347. The molecule has 0 spiro atoms. The molecule has 0 aromatic carbocycles. The molecule has 5 heteroatoms. The number of hydrogen-bond acceptors (Lipinski definition) is 5. The minimum atomic E-state index is 0.252. The molecule has 1 unspecified atom stereocenters. The monoisotopic (exact) mass is 177 g/mol. The van der Waals surface area contributed by atoms with Crippen LogP contribution in [-0.2, 0) is 0 Å². The number of nitrogens with two attached hydrogens (primary N) is 1. The first kappa shape index (κ1) is 7.97. The van der Waals surface area contributed by atoms with Crippen molar-refractivity contribution >= 4 is 11.8 Å². The Labute approximate surface area is 76.3 Å². The second-order valence-corrected chi connectivity index (χ2v) is 3.04. The van der Waals surface area contributed by atoms with E-state index in [2.05, 4.69) is 15.1 Å². The van der Waals surface area contributed by atoms with Gasteiger partial charge in [0.25, 0.3) is 0 Å². The van der Waals surface area contributed by atoms with Gasteiger partial charge in [0.15, 0.2) is 0 Å². The molecule has 0 saturated carbocycles. The van der Waals surface area contributed by atoms with Crippen molar-refractivity contribution in [2.75, 3.05) is 5.01 Å². The van der Waals surface area contributed by atoms with Crippen molar-refractivity contribution in [3.05, 3.63) is 18.5 Å². The summed E-state index contributed by atoms with van der Waals surface area (Å²) in [6.07, 6.45) is 4.16. The van der Waals surface area contributed by atoms with E-state index in [9.17, 15) is 0 Å². The molecule has 2 N–H and O–H groups in total. The first-order valence-corrected chi connectivity index (χ1v) is 4.16. The number of anilines is 1. The molecule has 1 aromatic heterocycles. The third kappa shape index (κ3) is 1.44. The van der Waals surface area contributed by atoms with Gasteiger partial charge in [0.05, 0.1) is 6.04 Å². The Morgan fingerprint density at radius 3 is 2.69 bits per heavy atom. The average Bonchev–Trinajstić information content (AvgIpc) is 2.47. The van der Waals surface area contributed by atoms with Crippen LogP contribution in [0, 0.1) is 0 Å². The molecule has 1 aliphatic rings. The van der Waals surface area contributed by atoms with E-state index in [0.29, 0.717) is 11.8 Å². The summed E-state index contributed by atoms with van der Waals surface area (Å²) in [5.41, 5.74) is 5.61. The highest BCUT2D eigenvalue weighted by molar-refractivity contribution is 5.84. The standard InChI is InChI=1S/C8H11N5/c1-6-5-7(9)12-13(6)8-10-3-2-4-11-8/h2-4,6H,5H2,1H3,(H2,9,12). The highest BCUT2D eigenvalue weighted by Gasteiger charge is 2.23. The van der Waals surface area contributed by atoms with Gasteiger partial charge in [0, 0.05) is 18.8 Å². The zero-order chi connectivity index (χ0) is 9.26. The van der Waals surface area contributed by atoms with Gasteiger partial charge >= 0.3 is 0 Å². The lowest BCUT2D eigenvalue weighted by Crippen LogP contribution is -2.24. The van der Waals surface area contributed by atoms with E-state index in [-0.39, 0.29) is 6.04 Å². The van der Waals surface area contributed by atoms with Crippen LogP contribution in [0.15, 0.2) is 23.6 Å². The fourth-order valence-corrected chi connectivity index (χ4v) is 1.32. The van der Waals surface area contributed by atoms with Gasteiger partial charge in [-0.15, -0.1) is 0 Å². The number of nitrogens with zero attached hydrogens (tertiary/aromatic N) is 4. The van der Waals surface area contributed by atoms with Crippen LogP contribution in [0.5, 0.6) is 0 Å². The van der Waals surface area contributed by atoms with Gasteiger partial charge in [-0.3, -0.25) is 0 Å². The van der Waals surface area contributed by atoms with Crippen LogP contribution in [-0.4, -0.2) is 21.8 Å². The molecule has 2 heterocycles. The molecular formula is C8H11N5. The smallest absolute Gasteiger partial charge is 0.246 e. The third-order valence-electron chi connectivity index (χ3n) is 1.92. The van der Waals surface area contributed by atoms with Crippen LogP contribution in [0.2, 0.25) is 0 Å². The summed E-state index contributed by atoms with van der Waals surface area (Å²) < 4.78 is 0. The normalized spacial score (nSPS) is 21.8. The Balaban J connectivity index is 2.27. The van der Waals surface area contributed by atoms with Crippen molar-refractivity contribution in [1.82, 2.24) is 9.97 Å². The molecule has 0 aliphatic carbocycles. The SMILES string of the molecule is CC1CC(N)=NN1c1ncccn1. The minimum Gasteiger partial charge on any atom is -0.386 e. The third-order valence-corrected chi connectivity index (χ3v) is 1.92. The molecule has 1 atom stereocenters. The summed E-state index contributed by atoms with van der Waals surface area (Å²) in [5.74, 6) is 1.25. The van der Waals surface area contributed by atoms with E-state index < -0.39 is 0 Å². The summed E-state index contributed by atoms with van der Waals surface area (Å²) in [6, 6.07) is 2.03. The summed E-state index contributed by atoms with van der Waals surface area (Å²) in [4.78, 5) is 8.20. The lowest BCUT2D eigenvalue weighted by Gasteiger charge is -2.16. The minimum absolute atomic E-state index is 0.252. The summed E-state index contributed by atoms with van der Waals surface area (Å²) >= 11 is 0.